The topological polar surface area (TPSA) is 101 Å². The third kappa shape index (κ3) is 3.36. The van der Waals surface area contributed by atoms with E-state index < -0.39 is 21.8 Å². The van der Waals surface area contributed by atoms with E-state index in [0.29, 0.717) is 30.8 Å². The summed E-state index contributed by atoms with van der Waals surface area (Å²) in [5, 5.41) is 9.78. The first-order valence-corrected chi connectivity index (χ1v) is 8.67. The van der Waals surface area contributed by atoms with Crippen molar-refractivity contribution in [3.8, 4) is 0 Å². The first-order valence-electron chi connectivity index (χ1n) is 6.77. The number of amides is 1. The third-order valence-electron chi connectivity index (χ3n) is 3.71. The molecule has 1 unspecified atom stereocenters. The lowest BCUT2D eigenvalue weighted by molar-refractivity contribution is 0.0999. The van der Waals surface area contributed by atoms with Gasteiger partial charge < -0.3 is 15.7 Å². The van der Waals surface area contributed by atoms with Crippen LogP contribution in [0.15, 0.2) is 17.0 Å². The van der Waals surface area contributed by atoms with Crippen molar-refractivity contribution in [2.45, 2.75) is 30.8 Å². The number of aliphatic hydroxyl groups excluding tert-OH is 1. The number of aliphatic hydroxyl groups is 1. The van der Waals surface area contributed by atoms with Crippen molar-refractivity contribution >= 4 is 21.4 Å². The van der Waals surface area contributed by atoms with E-state index in [9.17, 15) is 18.3 Å². The molecule has 1 amide bonds. The van der Waals surface area contributed by atoms with Gasteiger partial charge in [-0.2, -0.15) is 0 Å². The highest BCUT2D eigenvalue weighted by molar-refractivity contribution is 7.90. The largest absolute Gasteiger partial charge is 0.391 e. The monoisotopic (exact) mass is 312 g/mol. The number of nitrogens with two attached hydrogens (primary N) is 1. The fraction of sp³-hybridized carbons (Fsp3) is 0.500. The number of hydrogen-bond acceptors (Lipinski definition) is 5. The Morgan fingerprint density at radius 3 is 2.62 bits per heavy atom. The summed E-state index contributed by atoms with van der Waals surface area (Å²) >= 11 is 0. The number of carbonyl (C=O) groups is 1. The van der Waals surface area contributed by atoms with Crippen LogP contribution < -0.4 is 10.6 Å². The van der Waals surface area contributed by atoms with E-state index in [-0.39, 0.29) is 10.5 Å². The van der Waals surface area contributed by atoms with Crippen LogP contribution in [0.2, 0.25) is 0 Å². The SMILES string of the molecule is Cc1cc(N2CCCC(O)C2)c(S(C)(=O)=O)cc1C(N)=O. The quantitative estimate of drug-likeness (QED) is 0.844. The zero-order valence-corrected chi connectivity index (χ0v) is 13.0. The van der Waals surface area contributed by atoms with Crippen molar-refractivity contribution in [3.05, 3.63) is 23.3 Å². The van der Waals surface area contributed by atoms with Crippen molar-refractivity contribution in [2.75, 3.05) is 24.2 Å². The van der Waals surface area contributed by atoms with Gasteiger partial charge in [0.1, 0.15) is 0 Å². The van der Waals surface area contributed by atoms with Crippen molar-refractivity contribution in [2.24, 2.45) is 5.73 Å². The smallest absolute Gasteiger partial charge is 0.249 e. The van der Waals surface area contributed by atoms with Gasteiger partial charge in [0.15, 0.2) is 9.84 Å². The summed E-state index contributed by atoms with van der Waals surface area (Å²) in [5.41, 5.74) is 6.65. The molecule has 1 fully saturated rings. The Labute approximate surface area is 124 Å². The van der Waals surface area contributed by atoms with Gasteiger partial charge >= 0.3 is 0 Å². The molecule has 1 aliphatic heterocycles. The standard InChI is InChI=1S/C14H20N2O4S/c1-9-6-12(16-5-3-4-10(17)8-16)13(21(2,19)20)7-11(9)14(15)18/h6-7,10,17H,3-5,8H2,1-2H3,(H2,15,18). The molecule has 2 rings (SSSR count). The molecule has 1 aliphatic rings. The molecule has 0 aromatic heterocycles. The highest BCUT2D eigenvalue weighted by Crippen LogP contribution is 2.31. The highest BCUT2D eigenvalue weighted by atomic mass is 32.2. The predicted molar refractivity (Wildman–Crippen MR) is 80.3 cm³/mol. The number of carbonyl (C=O) groups excluding carboxylic acids is 1. The molecule has 116 valence electrons. The fourth-order valence-corrected chi connectivity index (χ4v) is 3.56. The van der Waals surface area contributed by atoms with Crippen molar-refractivity contribution in [1.29, 1.82) is 0 Å². The highest BCUT2D eigenvalue weighted by Gasteiger charge is 2.25. The van der Waals surface area contributed by atoms with Crippen LogP contribution in [0.3, 0.4) is 0 Å². The minimum absolute atomic E-state index is 0.0796. The van der Waals surface area contributed by atoms with Gasteiger partial charge in [0.25, 0.3) is 0 Å². The number of β-amino-alcohol motifs (C(OH)–C–C–N with tert-alkyl or cyclic N) is 1. The Kier molecular flexibility index (Phi) is 4.25. The van der Waals surface area contributed by atoms with E-state index in [0.717, 1.165) is 12.7 Å². The molecule has 1 saturated heterocycles. The number of hydrogen-bond donors (Lipinski definition) is 2. The van der Waals surface area contributed by atoms with E-state index >= 15 is 0 Å². The molecule has 3 N–H and O–H groups in total. The lowest BCUT2D eigenvalue weighted by atomic mass is 10.0. The van der Waals surface area contributed by atoms with Crippen LogP contribution in [-0.2, 0) is 9.84 Å². The molecule has 0 bridgehead atoms. The summed E-state index contributed by atoms with van der Waals surface area (Å²) in [4.78, 5) is 13.3. The maximum absolute atomic E-state index is 12.0. The van der Waals surface area contributed by atoms with Gasteiger partial charge in [0, 0.05) is 24.9 Å². The number of nitrogens with zero attached hydrogens (tertiary/aromatic N) is 1. The van der Waals surface area contributed by atoms with Gasteiger partial charge in [0.05, 0.1) is 16.7 Å². The number of primary amides is 1. The molecule has 1 aromatic rings. The van der Waals surface area contributed by atoms with E-state index in [1.165, 1.54) is 6.07 Å². The molecule has 0 saturated carbocycles. The van der Waals surface area contributed by atoms with Crippen LogP contribution in [0.1, 0.15) is 28.8 Å². The molecular formula is C14H20N2O4S. The molecule has 0 spiro atoms. The minimum Gasteiger partial charge on any atom is -0.391 e. The van der Waals surface area contributed by atoms with Gasteiger partial charge in [-0.1, -0.05) is 0 Å². The zero-order valence-electron chi connectivity index (χ0n) is 12.2. The number of piperidine rings is 1. The molecule has 7 heteroatoms. The molecule has 1 heterocycles. The third-order valence-corrected chi connectivity index (χ3v) is 4.83. The summed E-state index contributed by atoms with van der Waals surface area (Å²) < 4.78 is 24.0. The van der Waals surface area contributed by atoms with Crippen LogP contribution in [0.5, 0.6) is 0 Å². The molecule has 0 radical (unpaired) electrons. The van der Waals surface area contributed by atoms with Gasteiger partial charge in [0.2, 0.25) is 5.91 Å². The summed E-state index contributed by atoms with van der Waals surface area (Å²) in [6, 6.07) is 3.00. The number of aryl methyl sites for hydroxylation is 1. The van der Waals surface area contributed by atoms with Crippen molar-refractivity contribution in [1.82, 2.24) is 0 Å². The van der Waals surface area contributed by atoms with E-state index in [1.807, 2.05) is 4.90 Å². The average molecular weight is 312 g/mol. The minimum atomic E-state index is -3.50. The van der Waals surface area contributed by atoms with E-state index in [4.69, 9.17) is 5.73 Å². The summed E-state index contributed by atoms with van der Waals surface area (Å²) in [6.45, 7) is 2.78. The maximum atomic E-state index is 12.0. The van der Waals surface area contributed by atoms with Crippen molar-refractivity contribution < 1.29 is 18.3 Å². The molecule has 6 nitrogen and oxygen atoms in total. The average Bonchev–Trinajstić information content (AvgIpc) is 2.36. The van der Waals surface area contributed by atoms with Crippen LogP contribution in [0.4, 0.5) is 5.69 Å². The van der Waals surface area contributed by atoms with Gasteiger partial charge in [-0.3, -0.25) is 4.79 Å². The number of rotatable bonds is 3. The number of anilines is 1. The first-order chi connectivity index (χ1) is 9.70. The fourth-order valence-electron chi connectivity index (χ4n) is 2.66. The van der Waals surface area contributed by atoms with Gasteiger partial charge in [-0.05, 0) is 37.5 Å². The number of benzene rings is 1. The Morgan fingerprint density at radius 2 is 2.10 bits per heavy atom. The Morgan fingerprint density at radius 1 is 1.43 bits per heavy atom. The second-order valence-corrected chi connectivity index (χ2v) is 7.50. The lowest BCUT2D eigenvalue weighted by Crippen LogP contribution is -2.39. The molecule has 1 atom stereocenters. The second kappa shape index (κ2) is 5.65. The molecule has 0 aliphatic carbocycles. The Hall–Kier alpha value is -1.60. The Balaban J connectivity index is 2.59. The zero-order chi connectivity index (χ0) is 15.8. The summed E-state index contributed by atoms with van der Waals surface area (Å²) in [5.74, 6) is -0.650. The Bertz CT molecular complexity index is 670. The van der Waals surface area contributed by atoms with E-state index in [1.54, 1.807) is 13.0 Å². The van der Waals surface area contributed by atoms with Crippen LogP contribution in [0, 0.1) is 6.92 Å². The summed E-state index contributed by atoms with van der Waals surface area (Å²) in [6.07, 6.45) is 2.14. The van der Waals surface area contributed by atoms with Crippen LogP contribution >= 0.6 is 0 Å². The maximum Gasteiger partial charge on any atom is 0.249 e. The van der Waals surface area contributed by atoms with Crippen LogP contribution in [0.25, 0.3) is 0 Å². The molecular weight excluding hydrogens is 292 g/mol. The second-order valence-electron chi connectivity index (χ2n) is 5.51. The van der Waals surface area contributed by atoms with Crippen LogP contribution in [-0.4, -0.2) is 44.9 Å². The van der Waals surface area contributed by atoms with Crippen molar-refractivity contribution in [3.63, 3.8) is 0 Å². The number of sulfone groups is 1. The van der Waals surface area contributed by atoms with Gasteiger partial charge in [-0.15, -0.1) is 0 Å². The first kappa shape index (κ1) is 15.8. The normalized spacial score (nSPS) is 19.6. The lowest BCUT2D eigenvalue weighted by Gasteiger charge is -2.33. The van der Waals surface area contributed by atoms with Gasteiger partial charge in [-0.25, -0.2) is 8.42 Å². The molecule has 21 heavy (non-hydrogen) atoms. The summed E-state index contributed by atoms with van der Waals surface area (Å²) in [7, 11) is -3.50. The van der Waals surface area contributed by atoms with E-state index in [2.05, 4.69) is 0 Å². The molecule has 1 aromatic carbocycles. The predicted octanol–water partition coefficient (Wildman–Crippen LogP) is 0.459.